The number of aldehydes is 2. The molecule has 0 radical (unpaired) electrons. The van der Waals surface area contributed by atoms with E-state index >= 15 is 0 Å². The summed E-state index contributed by atoms with van der Waals surface area (Å²) in [5.41, 5.74) is 17.2. The van der Waals surface area contributed by atoms with Crippen LogP contribution in [0.15, 0.2) is 218 Å². The second-order valence-corrected chi connectivity index (χ2v) is 26.6. The van der Waals surface area contributed by atoms with Gasteiger partial charge in [-0.25, -0.2) is 14.4 Å². The first-order valence-electron chi connectivity index (χ1n) is 37.8. The highest BCUT2D eigenvalue weighted by atomic mass is 79.9. The van der Waals surface area contributed by atoms with E-state index in [9.17, 15) is 28.8 Å². The van der Waals surface area contributed by atoms with Crippen LogP contribution in [-0.4, -0.2) is 131 Å². The molecule has 12 rings (SSSR count). The third-order valence-electron chi connectivity index (χ3n) is 17.4. The van der Waals surface area contributed by atoms with Gasteiger partial charge in [-0.05, 0) is 233 Å². The molecule has 0 unspecified atom stereocenters. The number of ether oxygens (including phenoxy) is 13. The van der Waals surface area contributed by atoms with Gasteiger partial charge < -0.3 is 76.2 Å². The van der Waals surface area contributed by atoms with Crippen molar-refractivity contribution in [3.63, 3.8) is 0 Å². The van der Waals surface area contributed by atoms with Crippen LogP contribution in [0.4, 0.5) is 0 Å². The number of phenolic OH excluding ortho intramolecular Hbond substituents is 1. The molecule has 0 saturated heterocycles. The molecule has 12 aromatic rings. The molecule has 2 N–H and O–H groups in total. The Hall–Kier alpha value is -12.7. The maximum atomic E-state index is 11.8. The number of rotatable bonds is 31. The molecule has 0 atom stereocenters. The van der Waals surface area contributed by atoms with Gasteiger partial charge in [-0.3, -0.25) is 14.4 Å². The Morgan fingerprint density at radius 2 is 0.847 bits per heavy atom. The lowest BCUT2D eigenvalue weighted by Crippen LogP contribution is -2.15. The SMILES string of the molecule is CCOC(=O)CBr.CCOC(=O)COc1ccc(C=O)cc1OC.CCOC(=O)COc1ccc(CCl)cc1OC.CCOC(=O)COc1ccc(Cn2c(-c3ccc(OCc4ccccc4)cc3)c(C)c3cc(C)ccc32)cc1OC.COc1cc(C=O)ccc1O.Cc1ccc2[nH]c(-c3ccc(OCc4ccccc4)cc3)c(C)c2c1. The van der Waals surface area contributed by atoms with Crippen molar-refractivity contribution in [1.29, 1.82) is 0 Å². The van der Waals surface area contributed by atoms with Gasteiger partial charge >= 0.3 is 23.9 Å². The van der Waals surface area contributed by atoms with Crippen LogP contribution >= 0.6 is 27.5 Å². The lowest BCUT2D eigenvalue weighted by Gasteiger charge is -2.15. The number of aromatic amines is 1. The number of phenols is 1. The molecule has 0 fully saturated rings. The smallest absolute Gasteiger partial charge is 0.344 e. The number of carbonyl (C=O) groups excluding carboxylic acids is 6. The van der Waals surface area contributed by atoms with Gasteiger partial charge in [-0.15, -0.1) is 11.6 Å². The summed E-state index contributed by atoms with van der Waals surface area (Å²) >= 11 is 8.65. The molecule has 10 aromatic carbocycles. The number of nitrogens with zero attached hydrogens (tertiary/aromatic N) is 1. The summed E-state index contributed by atoms with van der Waals surface area (Å²) in [4.78, 5) is 68.5. The minimum absolute atomic E-state index is 0.0399. The highest BCUT2D eigenvalue weighted by molar-refractivity contribution is 9.09. The van der Waals surface area contributed by atoms with E-state index in [0.717, 1.165) is 45.0 Å². The molecular weight excluding hydrogens is 1590 g/mol. The average molecular weight is 1690 g/mol. The quantitative estimate of drug-likeness (QED) is 0.0177. The standard InChI is InChI=1S/C35H35NO5.C23H21NO.C12H15ClO4.C12H14O5.C8H8O3.C4H7BrO2/c1-5-39-34(37)23-41-32-18-12-27(20-33(32)38-4)21-36-31-17-11-24(2)19-30(31)25(3)35(36)28-13-15-29(16-14-28)40-22-26-9-7-6-8-10-26;1-16-8-13-22-21(14-16)17(2)23(24-22)19-9-11-20(12-10-19)25-15-18-6-4-3-5-7-18;2*1-3-16-12(14)8-17-10-5-4-9(7-13)6-11(10)15-2;1-11-8-4-6(5-9)2-3-7(8)10;1-2-7-4(6)3-5/h6-20H,5,21-23H2,1-4H3;3-14,24H,15H2,1-2H3;4-6H,3,7-8H2,1-2H3;4-7H,3,8H2,1-2H3;2-5,10H,1H3;2-3H2,1H3. The molecule has 0 aliphatic heterocycles. The molecule has 620 valence electrons. The summed E-state index contributed by atoms with van der Waals surface area (Å²) in [7, 11) is 6.02. The number of hydrogen-bond donors (Lipinski definition) is 2. The van der Waals surface area contributed by atoms with Crippen LogP contribution < -0.4 is 42.6 Å². The number of methoxy groups -OCH3 is 4. The van der Waals surface area contributed by atoms with Gasteiger partial charge in [0, 0.05) is 51.1 Å². The van der Waals surface area contributed by atoms with Crippen molar-refractivity contribution in [2.75, 3.05) is 80.0 Å². The molecule has 0 aliphatic rings. The Labute approximate surface area is 701 Å². The Balaban J connectivity index is 0.000000214. The van der Waals surface area contributed by atoms with Crippen molar-refractivity contribution < 1.29 is 95.5 Å². The Morgan fingerprint density at radius 1 is 0.424 bits per heavy atom. The molecule has 24 heteroatoms. The Morgan fingerprint density at radius 3 is 1.31 bits per heavy atom. The monoisotopic (exact) mass is 1690 g/mol. The summed E-state index contributed by atoms with van der Waals surface area (Å²) in [6, 6.07) is 70.3. The molecule has 0 bridgehead atoms. The molecule has 0 spiro atoms. The van der Waals surface area contributed by atoms with Crippen molar-refractivity contribution in [1.82, 2.24) is 9.55 Å². The lowest BCUT2D eigenvalue weighted by atomic mass is 10.1. The van der Waals surface area contributed by atoms with E-state index in [2.05, 4.69) is 143 Å². The van der Waals surface area contributed by atoms with Gasteiger partial charge in [0.15, 0.2) is 65.8 Å². The van der Waals surface area contributed by atoms with Crippen molar-refractivity contribution >= 4 is 85.8 Å². The summed E-state index contributed by atoms with van der Waals surface area (Å²) in [5.74, 6) is 3.90. The summed E-state index contributed by atoms with van der Waals surface area (Å²) in [6.45, 7) is 18.3. The van der Waals surface area contributed by atoms with Crippen LogP contribution in [0.5, 0.6) is 57.5 Å². The van der Waals surface area contributed by atoms with Crippen LogP contribution in [0.2, 0.25) is 0 Å². The number of alkyl halides is 2. The Kier molecular flexibility index (Phi) is 38.6. The van der Waals surface area contributed by atoms with Crippen molar-refractivity contribution in [3.05, 3.63) is 274 Å². The first kappa shape index (κ1) is 92.4. The average Bonchev–Trinajstić information content (AvgIpc) is 1.61. The molecule has 0 amide bonds. The number of fused-ring (bicyclic) bond motifs is 2. The number of carbonyl (C=O) groups is 6. The van der Waals surface area contributed by atoms with E-state index in [1.165, 1.54) is 101 Å². The summed E-state index contributed by atoms with van der Waals surface area (Å²) in [6.07, 6.45) is 1.40. The largest absolute Gasteiger partial charge is 0.504 e. The fraction of sp³-hybridized carbons (Fsp3) is 0.255. The first-order chi connectivity index (χ1) is 57.2. The second kappa shape index (κ2) is 49.2. The van der Waals surface area contributed by atoms with E-state index in [1.807, 2.05) is 84.9 Å². The molecule has 2 heterocycles. The number of benzene rings is 10. The molecule has 118 heavy (non-hydrogen) atoms. The zero-order chi connectivity index (χ0) is 85.3. The number of esters is 4. The van der Waals surface area contributed by atoms with E-state index in [4.69, 9.17) is 73.5 Å². The molecule has 22 nitrogen and oxygen atoms in total. The fourth-order valence-electron chi connectivity index (χ4n) is 11.7. The molecule has 0 saturated carbocycles. The van der Waals surface area contributed by atoms with E-state index < -0.39 is 17.9 Å². The predicted molar refractivity (Wildman–Crippen MR) is 461 cm³/mol. The van der Waals surface area contributed by atoms with Crippen LogP contribution in [0.25, 0.3) is 44.3 Å². The van der Waals surface area contributed by atoms with Gasteiger partial charge in [0.2, 0.25) is 0 Å². The Bertz CT molecular complexity index is 5190. The fourth-order valence-corrected chi connectivity index (χ4v) is 12.0. The van der Waals surface area contributed by atoms with E-state index in [1.54, 1.807) is 59.1 Å². The van der Waals surface area contributed by atoms with Crippen LogP contribution in [0, 0.1) is 27.7 Å². The highest BCUT2D eigenvalue weighted by Crippen LogP contribution is 2.38. The van der Waals surface area contributed by atoms with E-state index in [-0.39, 0.29) is 31.5 Å². The highest BCUT2D eigenvalue weighted by Gasteiger charge is 2.20. The normalized spacial score (nSPS) is 10.3. The maximum absolute atomic E-state index is 11.8. The van der Waals surface area contributed by atoms with Crippen LogP contribution in [0.3, 0.4) is 0 Å². The third-order valence-corrected chi connectivity index (χ3v) is 18.2. The third kappa shape index (κ3) is 28.6. The summed E-state index contributed by atoms with van der Waals surface area (Å²) < 4.78 is 70.0. The van der Waals surface area contributed by atoms with Gasteiger partial charge in [0.25, 0.3) is 0 Å². The number of aromatic hydroxyl groups is 1. The van der Waals surface area contributed by atoms with Crippen LogP contribution in [0.1, 0.15) is 92.9 Å². The number of halogens is 2. The number of hydrogen-bond acceptors (Lipinski definition) is 20. The maximum Gasteiger partial charge on any atom is 0.344 e. The first-order valence-corrected chi connectivity index (χ1v) is 39.5. The zero-order valence-electron chi connectivity index (χ0n) is 68.3. The van der Waals surface area contributed by atoms with Crippen molar-refractivity contribution in [3.8, 4) is 80.0 Å². The number of H-pyrrole nitrogens is 1. The molecule has 2 aromatic heterocycles. The number of aromatic nitrogens is 2. The second-order valence-electron chi connectivity index (χ2n) is 25.8. The van der Waals surface area contributed by atoms with Crippen molar-refractivity contribution in [2.45, 2.75) is 81.0 Å². The van der Waals surface area contributed by atoms with Gasteiger partial charge in [0.1, 0.15) is 42.6 Å². The van der Waals surface area contributed by atoms with Crippen molar-refractivity contribution in [2.24, 2.45) is 0 Å². The minimum Gasteiger partial charge on any atom is -0.504 e. The number of aryl methyl sites for hydroxylation is 4. The summed E-state index contributed by atoms with van der Waals surface area (Å²) in [5, 5.41) is 11.9. The minimum atomic E-state index is -0.450. The molecular formula is C94H100BrClN2O20. The van der Waals surface area contributed by atoms with Gasteiger partial charge in [-0.1, -0.05) is 112 Å². The predicted octanol–water partition coefficient (Wildman–Crippen LogP) is 19.5. The van der Waals surface area contributed by atoms with Crippen LogP contribution in [-0.2, 0) is 63.8 Å². The topological polar surface area (TPSA) is 263 Å². The van der Waals surface area contributed by atoms with Gasteiger partial charge in [-0.2, -0.15) is 0 Å². The van der Waals surface area contributed by atoms with E-state index in [0.29, 0.717) is 121 Å². The zero-order valence-corrected chi connectivity index (χ0v) is 70.7. The lowest BCUT2D eigenvalue weighted by molar-refractivity contribution is -0.146. The number of nitrogens with one attached hydrogen (secondary N) is 1. The molecule has 0 aliphatic carbocycles. The van der Waals surface area contributed by atoms with Gasteiger partial charge in [0.05, 0.1) is 60.6 Å².